The number of amides is 1. The normalized spacial score (nSPS) is 15.7. The number of carbonyl (C=O) groups is 1. The Bertz CT molecular complexity index is 877. The number of rotatable bonds is 5. The van der Waals surface area contributed by atoms with Crippen LogP contribution < -0.4 is 5.32 Å². The van der Waals surface area contributed by atoms with Gasteiger partial charge in [0, 0.05) is 48.2 Å². The van der Waals surface area contributed by atoms with Crippen molar-refractivity contribution in [1.82, 2.24) is 19.6 Å². The van der Waals surface area contributed by atoms with Crippen molar-refractivity contribution in [3.63, 3.8) is 0 Å². The van der Waals surface area contributed by atoms with Crippen LogP contribution in [0.25, 0.3) is 5.65 Å². The number of thioether (sulfide) groups is 1. The summed E-state index contributed by atoms with van der Waals surface area (Å²) in [5.41, 5.74) is 2.76. The van der Waals surface area contributed by atoms with E-state index in [1.807, 2.05) is 65.0 Å². The second-order valence-electron chi connectivity index (χ2n) is 6.57. The molecule has 1 amide bonds. The summed E-state index contributed by atoms with van der Waals surface area (Å²) >= 11 is 1.73. The van der Waals surface area contributed by atoms with Crippen LogP contribution in [0, 0.1) is 0 Å². The van der Waals surface area contributed by atoms with Gasteiger partial charge in [-0.15, -0.1) is 36.6 Å². The summed E-state index contributed by atoms with van der Waals surface area (Å²) in [4.78, 5) is 20.2. The zero-order valence-electron chi connectivity index (χ0n) is 15.6. The molecule has 1 aliphatic heterocycles. The van der Waals surface area contributed by atoms with Crippen molar-refractivity contribution < 1.29 is 4.79 Å². The Morgan fingerprint density at radius 3 is 2.71 bits per heavy atom. The number of imidazole rings is 1. The highest BCUT2D eigenvalue weighted by Crippen LogP contribution is 2.23. The van der Waals surface area contributed by atoms with Crippen LogP contribution in [0.1, 0.15) is 22.5 Å². The molecule has 28 heavy (non-hydrogen) atoms. The van der Waals surface area contributed by atoms with Crippen molar-refractivity contribution in [1.29, 1.82) is 0 Å². The molecule has 2 aromatic heterocycles. The van der Waals surface area contributed by atoms with E-state index in [1.54, 1.807) is 11.8 Å². The second-order valence-corrected chi connectivity index (χ2v) is 7.62. The van der Waals surface area contributed by atoms with E-state index in [2.05, 4.69) is 16.5 Å². The molecule has 0 aliphatic carbocycles. The predicted molar refractivity (Wildman–Crippen MR) is 119 cm³/mol. The van der Waals surface area contributed by atoms with Crippen LogP contribution in [0.3, 0.4) is 0 Å². The summed E-state index contributed by atoms with van der Waals surface area (Å²) in [6.07, 6.45) is 5.09. The third-order valence-electron chi connectivity index (χ3n) is 4.80. The number of fused-ring (bicyclic) bond motifs is 1. The van der Waals surface area contributed by atoms with Crippen LogP contribution in [0.5, 0.6) is 0 Å². The fourth-order valence-electron chi connectivity index (χ4n) is 3.25. The van der Waals surface area contributed by atoms with E-state index in [9.17, 15) is 4.79 Å². The van der Waals surface area contributed by atoms with Gasteiger partial charge in [-0.1, -0.05) is 6.07 Å². The fourth-order valence-corrected chi connectivity index (χ4v) is 4.03. The number of benzene rings is 1. The molecule has 1 unspecified atom stereocenters. The Hall–Kier alpha value is -1.73. The van der Waals surface area contributed by atoms with Gasteiger partial charge in [-0.3, -0.25) is 4.79 Å². The van der Waals surface area contributed by atoms with Crippen LogP contribution in [-0.2, 0) is 5.75 Å². The molecule has 3 aromatic rings. The molecule has 8 heteroatoms. The highest BCUT2D eigenvalue weighted by molar-refractivity contribution is 7.98. The average Bonchev–Trinajstić information content (AvgIpc) is 3.35. The lowest BCUT2D eigenvalue weighted by atomic mass is 10.1. The van der Waals surface area contributed by atoms with E-state index in [-0.39, 0.29) is 30.7 Å². The van der Waals surface area contributed by atoms with E-state index in [0.717, 1.165) is 47.1 Å². The first kappa shape index (κ1) is 22.6. The first-order chi connectivity index (χ1) is 12.7. The van der Waals surface area contributed by atoms with Gasteiger partial charge < -0.3 is 14.6 Å². The number of nitrogens with one attached hydrogen (secondary N) is 1. The van der Waals surface area contributed by atoms with Crippen molar-refractivity contribution in [2.24, 2.45) is 0 Å². The lowest BCUT2D eigenvalue weighted by molar-refractivity contribution is 0.0743. The SMILES string of the molecule is CN(C(=O)c1ccc(SCc2cn3ccccc3n2)cc1)C1CCNC1.Cl.Cl. The van der Waals surface area contributed by atoms with Gasteiger partial charge in [0.15, 0.2) is 0 Å². The third-order valence-corrected chi connectivity index (χ3v) is 5.85. The molecule has 1 saturated heterocycles. The molecule has 1 aliphatic rings. The molecule has 1 fully saturated rings. The number of halogens is 2. The Morgan fingerprint density at radius 2 is 2.04 bits per heavy atom. The number of likely N-dealkylation sites (N-methyl/N-ethyl adjacent to an activating group) is 1. The van der Waals surface area contributed by atoms with Crippen LogP contribution >= 0.6 is 36.6 Å². The molecule has 3 heterocycles. The van der Waals surface area contributed by atoms with Gasteiger partial charge in [0.2, 0.25) is 0 Å². The molecule has 0 bridgehead atoms. The Labute approximate surface area is 181 Å². The van der Waals surface area contributed by atoms with E-state index in [0.29, 0.717) is 6.04 Å². The third kappa shape index (κ3) is 5.00. The van der Waals surface area contributed by atoms with Crippen LogP contribution in [0.4, 0.5) is 0 Å². The molecule has 0 radical (unpaired) electrons. The number of aromatic nitrogens is 2. The summed E-state index contributed by atoms with van der Waals surface area (Å²) in [5.74, 6) is 0.901. The van der Waals surface area contributed by atoms with Crippen molar-refractivity contribution in [2.45, 2.75) is 23.1 Å². The topological polar surface area (TPSA) is 49.6 Å². The Morgan fingerprint density at radius 1 is 1.25 bits per heavy atom. The maximum absolute atomic E-state index is 12.6. The summed E-state index contributed by atoms with van der Waals surface area (Å²) in [7, 11) is 1.89. The molecule has 1 aromatic carbocycles. The number of nitrogens with zero attached hydrogens (tertiary/aromatic N) is 3. The van der Waals surface area contributed by atoms with Crippen molar-refractivity contribution in [3.05, 3.63) is 66.1 Å². The first-order valence-corrected chi connectivity index (χ1v) is 9.82. The average molecular weight is 439 g/mol. The van der Waals surface area contributed by atoms with Crippen LogP contribution in [0.15, 0.2) is 59.8 Å². The van der Waals surface area contributed by atoms with Crippen molar-refractivity contribution in [2.75, 3.05) is 20.1 Å². The second kappa shape index (κ2) is 10.2. The molecule has 0 saturated carbocycles. The molecule has 0 spiro atoms. The van der Waals surface area contributed by atoms with Gasteiger partial charge in [-0.2, -0.15) is 0 Å². The molecule has 1 atom stereocenters. The highest BCUT2D eigenvalue weighted by atomic mass is 35.5. The lowest BCUT2D eigenvalue weighted by Gasteiger charge is -2.23. The van der Waals surface area contributed by atoms with E-state index < -0.39 is 0 Å². The van der Waals surface area contributed by atoms with Gasteiger partial charge in [0.05, 0.1) is 5.69 Å². The monoisotopic (exact) mass is 438 g/mol. The fraction of sp³-hybridized carbons (Fsp3) is 0.300. The molecule has 150 valence electrons. The van der Waals surface area contributed by atoms with E-state index >= 15 is 0 Å². The number of hydrogen-bond acceptors (Lipinski definition) is 4. The van der Waals surface area contributed by atoms with Crippen molar-refractivity contribution >= 4 is 48.1 Å². The minimum atomic E-state index is 0. The summed E-state index contributed by atoms with van der Waals surface area (Å²) in [6, 6.07) is 14.2. The summed E-state index contributed by atoms with van der Waals surface area (Å²) in [5, 5.41) is 3.31. The van der Waals surface area contributed by atoms with Gasteiger partial charge in [0.1, 0.15) is 5.65 Å². The number of hydrogen-bond donors (Lipinski definition) is 1. The molecule has 5 nitrogen and oxygen atoms in total. The van der Waals surface area contributed by atoms with Crippen LogP contribution in [0.2, 0.25) is 0 Å². The minimum Gasteiger partial charge on any atom is -0.337 e. The molecule has 4 rings (SSSR count). The standard InChI is InChI=1S/C20H22N4OS.2ClH/c1-23(17-9-10-21-12-17)20(25)15-5-7-18(8-6-15)26-14-16-13-24-11-3-2-4-19(24)22-16;;/h2-8,11,13,17,21H,9-10,12,14H2,1H3;2*1H. The lowest BCUT2D eigenvalue weighted by Crippen LogP contribution is -2.38. The number of pyridine rings is 1. The van der Waals surface area contributed by atoms with Crippen LogP contribution in [-0.4, -0.2) is 46.4 Å². The predicted octanol–water partition coefficient (Wildman–Crippen LogP) is 3.90. The Balaban J connectivity index is 0.00000140. The maximum Gasteiger partial charge on any atom is 0.253 e. The van der Waals surface area contributed by atoms with E-state index in [4.69, 9.17) is 0 Å². The van der Waals surface area contributed by atoms with Gasteiger partial charge in [-0.05, 0) is 49.4 Å². The molecular formula is C20H24Cl2N4OS. The molecule has 1 N–H and O–H groups in total. The van der Waals surface area contributed by atoms with Crippen molar-refractivity contribution in [3.8, 4) is 0 Å². The van der Waals surface area contributed by atoms with Gasteiger partial charge >= 0.3 is 0 Å². The maximum atomic E-state index is 12.6. The zero-order valence-corrected chi connectivity index (χ0v) is 18.0. The Kier molecular flexibility index (Phi) is 8.19. The smallest absolute Gasteiger partial charge is 0.253 e. The molecular weight excluding hydrogens is 415 g/mol. The zero-order chi connectivity index (χ0) is 17.9. The quantitative estimate of drug-likeness (QED) is 0.613. The summed E-state index contributed by atoms with van der Waals surface area (Å²) in [6.45, 7) is 1.87. The van der Waals surface area contributed by atoms with Gasteiger partial charge in [0.25, 0.3) is 5.91 Å². The van der Waals surface area contributed by atoms with Gasteiger partial charge in [-0.25, -0.2) is 4.98 Å². The summed E-state index contributed by atoms with van der Waals surface area (Å²) < 4.78 is 2.03. The minimum absolute atomic E-state index is 0. The first-order valence-electron chi connectivity index (χ1n) is 8.84. The largest absolute Gasteiger partial charge is 0.337 e. The highest BCUT2D eigenvalue weighted by Gasteiger charge is 2.23. The van der Waals surface area contributed by atoms with E-state index in [1.165, 1.54) is 0 Å². The number of carbonyl (C=O) groups excluding carboxylic acids is 1.